The van der Waals surface area contributed by atoms with E-state index in [1.165, 1.54) is 20.1 Å². The van der Waals surface area contributed by atoms with E-state index in [0.29, 0.717) is 6.07 Å². The number of anilines is 1. The predicted molar refractivity (Wildman–Crippen MR) is 141 cm³/mol. The molecule has 236 valence electrons. The molecule has 1 atom stereocenters. The minimum absolute atomic E-state index is 0.0196. The molecule has 2 aromatic heterocycles. The Kier molecular flexibility index (Phi) is 9.42. The second-order valence-electron chi connectivity index (χ2n) is 10.2. The Hall–Kier alpha value is -3.63. The summed E-state index contributed by atoms with van der Waals surface area (Å²) in [5.74, 6) is -2.18. The van der Waals surface area contributed by atoms with Gasteiger partial charge in [-0.2, -0.15) is 26.3 Å². The number of ether oxygens (including phenoxy) is 1. The Morgan fingerprint density at radius 1 is 0.953 bits per heavy atom. The second-order valence-corrected chi connectivity index (χ2v) is 10.2. The Morgan fingerprint density at radius 3 is 2.21 bits per heavy atom. The minimum atomic E-state index is -4.90. The van der Waals surface area contributed by atoms with Crippen molar-refractivity contribution in [3.8, 4) is 0 Å². The average molecular weight is 622 g/mol. The number of methoxy groups -OCH3 is 1. The smallest absolute Gasteiger partial charge is 0.449 e. The molecular formula is C27H30F7N5O4. The van der Waals surface area contributed by atoms with E-state index >= 15 is 0 Å². The number of nitrogens with two attached hydrogens (primary N) is 1. The lowest BCUT2D eigenvalue weighted by molar-refractivity contribution is -0.153. The van der Waals surface area contributed by atoms with E-state index in [9.17, 15) is 40.3 Å². The summed E-state index contributed by atoms with van der Waals surface area (Å²) in [6.45, 7) is 1.27. The maximum atomic E-state index is 14.8. The largest absolute Gasteiger partial charge is 0.455 e. The number of furan rings is 1. The molecule has 2 N–H and O–H groups in total. The zero-order valence-corrected chi connectivity index (χ0v) is 23.3. The van der Waals surface area contributed by atoms with Crippen molar-refractivity contribution in [2.45, 2.75) is 45.0 Å². The third-order valence-electron chi connectivity index (χ3n) is 7.20. The van der Waals surface area contributed by atoms with Crippen LogP contribution in [0.3, 0.4) is 0 Å². The normalized spacial score (nSPS) is 15.7. The zero-order chi connectivity index (χ0) is 31.7. The predicted octanol–water partition coefficient (Wildman–Crippen LogP) is 3.43. The fourth-order valence-corrected chi connectivity index (χ4v) is 5.11. The molecule has 1 aromatic carbocycles. The molecule has 1 fully saturated rings. The number of nitrogens with zero attached hydrogens (tertiary/aromatic N) is 4. The highest BCUT2D eigenvalue weighted by atomic mass is 19.4. The summed E-state index contributed by atoms with van der Waals surface area (Å²) in [4.78, 5) is 30.6. The highest BCUT2D eigenvalue weighted by Crippen LogP contribution is 2.34. The van der Waals surface area contributed by atoms with Gasteiger partial charge in [0.05, 0.1) is 25.3 Å². The molecule has 43 heavy (non-hydrogen) atoms. The molecule has 0 unspecified atom stereocenters. The summed E-state index contributed by atoms with van der Waals surface area (Å²) in [5.41, 5.74) is 2.33. The van der Waals surface area contributed by atoms with Crippen molar-refractivity contribution in [1.82, 2.24) is 14.0 Å². The number of hydrogen-bond acceptors (Lipinski definition) is 7. The number of rotatable bonds is 9. The van der Waals surface area contributed by atoms with Gasteiger partial charge in [-0.15, -0.1) is 0 Å². The number of aromatic nitrogens is 2. The van der Waals surface area contributed by atoms with Gasteiger partial charge < -0.3 is 19.8 Å². The van der Waals surface area contributed by atoms with Crippen LogP contribution in [0.4, 0.5) is 36.4 Å². The van der Waals surface area contributed by atoms with Crippen molar-refractivity contribution in [3.05, 3.63) is 85.3 Å². The molecule has 1 saturated heterocycles. The Morgan fingerprint density at radius 2 is 1.63 bits per heavy atom. The molecule has 1 aliphatic heterocycles. The van der Waals surface area contributed by atoms with Crippen molar-refractivity contribution in [1.29, 1.82) is 0 Å². The lowest BCUT2D eigenvalue weighted by Crippen LogP contribution is -2.52. The fraction of sp³-hybridized carbons (Fsp3) is 0.481. The minimum Gasteiger partial charge on any atom is -0.455 e. The van der Waals surface area contributed by atoms with Crippen molar-refractivity contribution in [3.63, 3.8) is 0 Å². The molecule has 0 bridgehead atoms. The number of alkyl halides is 6. The van der Waals surface area contributed by atoms with Gasteiger partial charge in [0, 0.05) is 57.1 Å². The molecule has 3 aromatic rings. The van der Waals surface area contributed by atoms with E-state index in [0.717, 1.165) is 27.3 Å². The number of halogens is 7. The SMILES string of the molecule is COC[C@H](N)Cn1c(=O)c(N2CCN(Cc3ccc(C(F)(F)F)o3)CC2)c(C)n(Cc2c(F)cccc2C(F)(F)F)c1=O. The molecule has 3 heterocycles. The molecule has 0 aliphatic carbocycles. The van der Waals surface area contributed by atoms with Crippen LogP contribution in [0.25, 0.3) is 0 Å². The van der Waals surface area contributed by atoms with Gasteiger partial charge in [-0.05, 0) is 31.2 Å². The van der Waals surface area contributed by atoms with E-state index in [1.807, 2.05) is 4.90 Å². The molecule has 1 aliphatic rings. The van der Waals surface area contributed by atoms with Gasteiger partial charge in [-0.25, -0.2) is 9.18 Å². The summed E-state index contributed by atoms with van der Waals surface area (Å²) < 4.78 is 106. The number of hydrogen-bond donors (Lipinski definition) is 1. The third-order valence-corrected chi connectivity index (χ3v) is 7.20. The van der Waals surface area contributed by atoms with Crippen LogP contribution in [0.2, 0.25) is 0 Å². The van der Waals surface area contributed by atoms with Crippen LogP contribution in [-0.2, 0) is 36.7 Å². The van der Waals surface area contributed by atoms with Gasteiger partial charge in [0.25, 0.3) is 5.56 Å². The maximum Gasteiger partial charge on any atom is 0.449 e. The first-order chi connectivity index (χ1) is 20.1. The first-order valence-corrected chi connectivity index (χ1v) is 13.2. The molecule has 0 amide bonds. The summed E-state index contributed by atoms with van der Waals surface area (Å²) in [6.07, 6.45) is -9.52. The molecule has 0 spiro atoms. The lowest BCUT2D eigenvalue weighted by atomic mass is 10.1. The average Bonchev–Trinajstić information content (AvgIpc) is 3.40. The molecule has 4 rings (SSSR count). The van der Waals surface area contributed by atoms with E-state index in [2.05, 4.69) is 0 Å². The Balaban J connectivity index is 1.69. The van der Waals surface area contributed by atoms with Crippen molar-refractivity contribution in [2.75, 3.05) is 44.8 Å². The van der Waals surface area contributed by atoms with Crippen LogP contribution in [0, 0.1) is 12.7 Å². The first-order valence-electron chi connectivity index (χ1n) is 13.2. The summed E-state index contributed by atoms with van der Waals surface area (Å²) in [5, 5.41) is 0. The van der Waals surface area contributed by atoms with E-state index in [4.69, 9.17) is 14.9 Å². The highest BCUT2D eigenvalue weighted by molar-refractivity contribution is 5.50. The van der Waals surface area contributed by atoms with Crippen LogP contribution in [0.15, 0.2) is 44.3 Å². The summed E-state index contributed by atoms with van der Waals surface area (Å²) >= 11 is 0. The quantitative estimate of drug-likeness (QED) is 0.366. The van der Waals surface area contributed by atoms with Gasteiger partial charge in [0.1, 0.15) is 17.3 Å². The van der Waals surface area contributed by atoms with Gasteiger partial charge >= 0.3 is 18.0 Å². The highest BCUT2D eigenvalue weighted by Gasteiger charge is 2.36. The standard InChI is InChI=1S/C27H30F7N5O4/c1-16-23(37-10-8-36(9-11-37)13-18-6-7-22(43-18)27(32,33)34)24(40)39(12-17(35)15-42-2)25(41)38(16)14-19-20(26(29,30)31)4-3-5-21(19)28/h3-7,17H,8-15,35H2,1-2H3/t17-/m1/s1. The summed E-state index contributed by atoms with van der Waals surface area (Å²) in [7, 11) is 1.37. The second kappa shape index (κ2) is 12.5. The monoisotopic (exact) mass is 621 g/mol. The van der Waals surface area contributed by atoms with Crippen LogP contribution < -0.4 is 21.9 Å². The van der Waals surface area contributed by atoms with Crippen LogP contribution in [0.5, 0.6) is 0 Å². The fourth-order valence-electron chi connectivity index (χ4n) is 5.11. The molecule has 0 radical (unpaired) electrons. The Labute approximate surface area is 240 Å². The van der Waals surface area contributed by atoms with Crippen LogP contribution in [-0.4, -0.2) is 60.0 Å². The molecule has 9 nitrogen and oxygen atoms in total. The lowest BCUT2D eigenvalue weighted by Gasteiger charge is -2.36. The van der Waals surface area contributed by atoms with E-state index in [-0.39, 0.29) is 63.0 Å². The van der Waals surface area contributed by atoms with E-state index < -0.39 is 58.9 Å². The van der Waals surface area contributed by atoms with Gasteiger partial charge in [0.15, 0.2) is 0 Å². The van der Waals surface area contributed by atoms with Crippen molar-refractivity contribution < 1.29 is 39.9 Å². The number of benzene rings is 1. The molecular weight excluding hydrogens is 591 g/mol. The van der Waals surface area contributed by atoms with Crippen molar-refractivity contribution in [2.24, 2.45) is 5.73 Å². The molecule has 0 saturated carbocycles. The molecule has 16 heteroatoms. The first kappa shape index (κ1) is 32.3. The van der Waals surface area contributed by atoms with Gasteiger partial charge in [-0.3, -0.25) is 18.8 Å². The topological polar surface area (TPSA) is 98.9 Å². The third kappa shape index (κ3) is 7.13. The van der Waals surface area contributed by atoms with Crippen molar-refractivity contribution >= 4 is 5.69 Å². The zero-order valence-electron chi connectivity index (χ0n) is 23.3. The van der Waals surface area contributed by atoms with Gasteiger partial charge in [0.2, 0.25) is 5.76 Å². The van der Waals surface area contributed by atoms with Crippen LogP contribution in [0.1, 0.15) is 28.3 Å². The summed E-state index contributed by atoms with van der Waals surface area (Å²) in [6, 6.07) is 3.74. The van der Waals surface area contributed by atoms with Crippen LogP contribution >= 0.6 is 0 Å². The van der Waals surface area contributed by atoms with Gasteiger partial charge in [-0.1, -0.05) is 6.07 Å². The van der Waals surface area contributed by atoms with E-state index in [1.54, 1.807) is 4.90 Å². The Bertz CT molecular complexity index is 1550. The maximum absolute atomic E-state index is 14.8. The number of piperazine rings is 1.